The normalized spacial score (nSPS) is 11.0. The monoisotopic (exact) mass is 383 g/mol. The van der Waals surface area contributed by atoms with Crippen molar-refractivity contribution >= 4 is 27.4 Å². The van der Waals surface area contributed by atoms with Crippen LogP contribution in [-0.4, -0.2) is 9.97 Å². The van der Waals surface area contributed by atoms with Crippen molar-refractivity contribution in [2.45, 2.75) is 6.54 Å². The zero-order valence-electron chi connectivity index (χ0n) is 15.0. The Hall–Kier alpha value is -3.44. The zero-order valence-corrected chi connectivity index (χ0v) is 15.8. The van der Waals surface area contributed by atoms with Gasteiger partial charge in [-0.1, -0.05) is 54.6 Å². The highest BCUT2D eigenvalue weighted by atomic mass is 32.1. The Balaban J connectivity index is 1.50. The lowest BCUT2D eigenvalue weighted by Crippen LogP contribution is -2.01. The molecule has 4 nitrogen and oxygen atoms in total. The molecule has 0 unspecified atom stereocenters. The molecule has 0 aliphatic carbocycles. The van der Waals surface area contributed by atoms with Crippen LogP contribution in [0.1, 0.15) is 5.76 Å². The first kappa shape index (κ1) is 16.7. The van der Waals surface area contributed by atoms with E-state index in [-0.39, 0.29) is 0 Å². The zero-order chi connectivity index (χ0) is 18.8. The van der Waals surface area contributed by atoms with Crippen LogP contribution in [0, 0.1) is 0 Å². The SMILES string of the molecule is c1ccc(-c2ccc(-c3csc4ncnc(NCc5ccco5)c34)cc2)cc1. The summed E-state index contributed by atoms with van der Waals surface area (Å²) < 4.78 is 5.42. The van der Waals surface area contributed by atoms with Gasteiger partial charge in [-0.05, 0) is 28.8 Å². The summed E-state index contributed by atoms with van der Waals surface area (Å²) >= 11 is 1.63. The fourth-order valence-corrected chi connectivity index (χ4v) is 4.19. The molecule has 1 N–H and O–H groups in total. The second-order valence-corrected chi connectivity index (χ2v) is 7.29. The van der Waals surface area contributed by atoms with Crippen LogP contribution in [0.25, 0.3) is 32.5 Å². The molecule has 0 aliphatic rings. The number of furan rings is 1. The highest BCUT2D eigenvalue weighted by molar-refractivity contribution is 7.17. The number of fused-ring (bicyclic) bond motifs is 1. The molecule has 3 aromatic heterocycles. The highest BCUT2D eigenvalue weighted by Crippen LogP contribution is 2.37. The van der Waals surface area contributed by atoms with E-state index in [2.05, 4.69) is 69.2 Å². The third-order valence-electron chi connectivity index (χ3n) is 4.68. The van der Waals surface area contributed by atoms with E-state index in [0.717, 1.165) is 32.9 Å². The number of hydrogen-bond donors (Lipinski definition) is 1. The number of aromatic nitrogens is 2. The number of nitrogens with one attached hydrogen (secondary N) is 1. The van der Waals surface area contributed by atoms with Crippen molar-refractivity contribution in [1.82, 2.24) is 9.97 Å². The minimum atomic E-state index is 0.585. The number of thiophene rings is 1. The maximum atomic E-state index is 5.42. The van der Waals surface area contributed by atoms with Crippen molar-refractivity contribution in [3.8, 4) is 22.3 Å². The molecule has 0 bridgehead atoms. The first-order chi connectivity index (χ1) is 13.9. The van der Waals surface area contributed by atoms with E-state index in [1.807, 2.05) is 18.2 Å². The van der Waals surface area contributed by atoms with Gasteiger partial charge in [0.15, 0.2) is 0 Å². The summed E-state index contributed by atoms with van der Waals surface area (Å²) in [5, 5.41) is 6.58. The van der Waals surface area contributed by atoms with Crippen molar-refractivity contribution < 1.29 is 4.42 Å². The number of anilines is 1. The summed E-state index contributed by atoms with van der Waals surface area (Å²) in [6.07, 6.45) is 3.28. The number of nitrogens with zero attached hydrogens (tertiary/aromatic N) is 2. The lowest BCUT2D eigenvalue weighted by molar-refractivity contribution is 0.518. The van der Waals surface area contributed by atoms with Crippen molar-refractivity contribution in [3.63, 3.8) is 0 Å². The largest absolute Gasteiger partial charge is 0.467 e. The Bertz CT molecular complexity index is 1200. The van der Waals surface area contributed by atoms with Crippen LogP contribution >= 0.6 is 11.3 Å². The van der Waals surface area contributed by atoms with Crippen LogP contribution < -0.4 is 5.32 Å². The minimum Gasteiger partial charge on any atom is -0.467 e. The smallest absolute Gasteiger partial charge is 0.139 e. The second-order valence-electron chi connectivity index (χ2n) is 6.43. The third-order valence-corrected chi connectivity index (χ3v) is 5.57. The topological polar surface area (TPSA) is 51.0 Å². The molecule has 5 heteroatoms. The van der Waals surface area contributed by atoms with Gasteiger partial charge in [0.2, 0.25) is 0 Å². The first-order valence-corrected chi connectivity index (χ1v) is 9.91. The van der Waals surface area contributed by atoms with Gasteiger partial charge in [0.05, 0.1) is 18.2 Å². The first-order valence-electron chi connectivity index (χ1n) is 9.03. The van der Waals surface area contributed by atoms with Crippen LogP contribution in [0.3, 0.4) is 0 Å². The predicted octanol–water partition coefficient (Wildman–Crippen LogP) is 6.23. The van der Waals surface area contributed by atoms with E-state index >= 15 is 0 Å². The molecule has 0 radical (unpaired) electrons. The van der Waals surface area contributed by atoms with Crippen LogP contribution in [0.4, 0.5) is 5.82 Å². The summed E-state index contributed by atoms with van der Waals surface area (Å²) in [7, 11) is 0. The quantitative estimate of drug-likeness (QED) is 0.391. The van der Waals surface area contributed by atoms with Crippen LogP contribution in [0.15, 0.2) is 89.1 Å². The Morgan fingerprint density at radius 2 is 1.61 bits per heavy atom. The molecule has 2 aromatic carbocycles. The van der Waals surface area contributed by atoms with Crippen LogP contribution in [0.5, 0.6) is 0 Å². The molecule has 0 saturated carbocycles. The fraction of sp³-hybridized carbons (Fsp3) is 0.0435. The van der Waals surface area contributed by atoms with Gasteiger partial charge < -0.3 is 9.73 Å². The lowest BCUT2D eigenvalue weighted by Gasteiger charge is -2.08. The third kappa shape index (κ3) is 3.17. The molecular formula is C23H17N3OS. The molecule has 0 aliphatic heterocycles. The average Bonchev–Trinajstić information content (AvgIpc) is 3.43. The van der Waals surface area contributed by atoms with Gasteiger partial charge in [0.25, 0.3) is 0 Å². The Morgan fingerprint density at radius 1 is 0.821 bits per heavy atom. The molecule has 0 saturated heterocycles. The fourth-order valence-electron chi connectivity index (χ4n) is 3.28. The van der Waals surface area contributed by atoms with Gasteiger partial charge in [-0.15, -0.1) is 11.3 Å². The van der Waals surface area contributed by atoms with E-state index in [0.29, 0.717) is 6.54 Å². The molecular weight excluding hydrogens is 366 g/mol. The lowest BCUT2D eigenvalue weighted by atomic mass is 10.0. The van der Waals surface area contributed by atoms with E-state index in [4.69, 9.17) is 4.42 Å². The van der Waals surface area contributed by atoms with Crippen molar-refractivity contribution in [2.75, 3.05) is 5.32 Å². The van der Waals surface area contributed by atoms with E-state index in [9.17, 15) is 0 Å². The van der Waals surface area contributed by atoms with Gasteiger partial charge in [-0.25, -0.2) is 9.97 Å². The molecule has 0 spiro atoms. The van der Waals surface area contributed by atoms with E-state index in [1.54, 1.807) is 23.9 Å². The molecule has 3 heterocycles. The summed E-state index contributed by atoms with van der Waals surface area (Å²) in [6, 6.07) is 22.9. The van der Waals surface area contributed by atoms with Crippen molar-refractivity contribution in [1.29, 1.82) is 0 Å². The Morgan fingerprint density at radius 3 is 2.39 bits per heavy atom. The minimum absolute atomic E-state index is 0.585. The van der Waals surface area contributed by atoms with Crippen molar-refractivity contribution in [2.24, 2.45) is 0 Å². The molecule has 0 atom stereocenters. The summed E-state index contributed by atoms with van der Waals surface area (Å²) in [5.74, 6) is 1.69. The van der Waals surface area contributed by atoms with Crippen LogP contribution in [0.2, 0.25) is 0 Å². The molecule has 0 fully saturated rings. The Kier molecular flexibility index (Phi) is 4.35. The number of rotatable bonds is 5. The van der Waals surface area contributed by atoms with E-state index in [1.165, 1.54) is 11.1 Å². The molecule has 0 amide bonds. The second kappa shape index (κ2) is 7.29. The van der Waals surface area contributed by atoms with Gasteiger partial charge >= 0.3 is 0 Å². The summed E-state index contributed by atoms with van der Waals surface area (Å²) in [5.41, 5.74) is 4.72. The standard InChI is InChI=1S/C23H17N3OS/c1-2-5-16(6-3-1)17-8-10-18(11-9-17)20-14-28-23-21(20)22(25-15-26-23)24-13-19-7-4-12-27-19/h1-12,14-15H,13H2,(H,24,25,26). The maximum Gasteiger partial charge on any atom is 0.139 e. The van der Waals surface area contributed by atoms with Gasteiger partial charge in [-0.3, -0.25) is 0 Å². The number of hydrogen-bond acceptors (Lipinski definition) is 5. The summed E-state index contributed by atoms with van der Waals surface area (Å²) in [4.78, 5) is 9.89. The van der Waals surface area contributed by atoms with Gasteiger partial charge in [0.1, 0.15) is 22.7 Å². The van der Waals surface area contributed by atoms with Gasteiger partial charge in [0, 0.05) is 10.9 Å². The van der Waals surface area contributed by atoms with Crippen molar-refractivity contribution in [3.05, 3.63) is 90.5 Å². The number of benzene rings is 2. The summed E-state index contributed by atoms with van der Waals surface area (Å²) in [6.45, 7) is 0.585. The maximum absolute atomic E-state index is 5.42. The molecule has 5 rings (SSSR count). The average molecular weight is 383 g/mol. The molecule has 136 valence electrons. The van der Waals surface area contributed by atoms with Crippen LogP contribution in [-0.2, 0) is 6.54 Å². The molecule has 28 heavy (non-hydrogen) atoms. The van der Waals surface area contributed by atoms with E-state index < -0.39 is 0 Å². The highest BCUT2D eigenvalue weighted by Gasteiger charge is 2.13. The molecule has 5 aromatic rings. The Labute approximate surface area is 166 Å². The van der Waals surface area contributed by atoms with Gasteiger partial charge in [-0.2, -0.15) is 0 Å². The predicted molar refractivity (Wildman–Crippen MR) is 114 cm³/mol.